The molecule has 134 valence electrons. The molecule has 4 rings (SSSR count). The number of benzene rings is 1. The maximum absolute atomic E-state index is 12.8. The topological polar surface area (TPSA) is 55.9 Å². The van der Waals surface area contributed by atoms with Gasteiger partial charge in [0.05, 0.1) is 12.1 Å². The molecule has 2 atom stereocenters. The number of carbonyl (C=O) groups is 2. The molecular weight excluding hydrogens is 316 g/mol. The van der Waals surface area contributed by atoms with Crippen LogP contribution in [0.3, 0.4) is 0 Å². The summed E-state index contributed by atoms with van der Waals surface area (Å²) in [5, 5.41) is 3.29. The van der Waals surface area contributed by atoms with Crippen LogP contribution in [0.2, 0.25) is 0 Å². The Kier molecular flexibility index (Phi) is 4.72. The van der Waals surface area contributed by atoms with Gasteiger partial charge >= 0.3 is 0 Å². The number of carbonyl (C=O) groups excluding carboxylic acids is 2. The van der Waals surface area contributed by atoms with Crippen LogP contribution in [0.1, 0.15) is 19.3 Å². The van der Waals surface area contributed by atoms with Crippen LogP contribution >= 0.6 is 0 Å². The highest BCUT2D eigenvalue weighted by atomic mass is 16.2. The van der Waals surface area contributed by atoms with Gasteiger partial charge in [-0.1, -0.05) is 18.2 Å². The monoisotopic (exact) mass is 342 g/mol. The van der Waals surface area contributed by atoms with Crippen LogP contribution in [0.25, 0.3) is 0 Å². The molecule has 3 aliphatic heterocycles. The van der Waals surface area contributed by atoms with Gasteiger partial charge in [-0.3, -0.25) is 14.5 Å². The van der Waals surface area contributed by atoms with Gasteiger partial charge in [-0.25, -0.2) is 0 Å². The van der Waals surface area contributed by atoms with Crippen LogP contribution in [-0.4, -0.2) is 73.0 Å². The van der Waals surface area contributed by atoms with Gasteiger partial charge in [0.1, 0.15) is 0 Å². The Balaban J connectivity index is 1.34. The summed E-state index contributed by atoms with van der Waals surface area (Å²) in [5.41, 5.74) is 0.983. The first-order chi connectivity index (χ1) is 12.2. The third kappa shape index (κ3) is 3.28. The molecule has 25 heavy (non-hydrogen) atoms. The van der Waals surface area contributed by atoms with Crippen molar-refractivity contribution in [3.05, 3.63) is 30.3 Å². The molecule has 3 saturated heterocycles. The second-order valence-corrected chi connectivity index (χ2v) is 7.14. The van der Waals surface area contributed by atoms with E-state index in [1.165, 1.54) is 0 Å². The fraction of sp³-hybridized carbons (Fsp3) is 0.579. The number of hydrogen-bond acceptors (Lipinski definition) is 4. The summed E-state index contributed by atoms with van der Waals surface area (Å²) in [6, 6.07) is 9.86. The molecule has 2 unspecified atom stereocenters. The number of amides is 2. The predicted octanol–water partition coefficient (Wildman–Crippen LogP) is 0.688. The van der Waals surface area contributed by atoms with Crippen molar-refractivity contribution in [1.29, 1.82) is 0 Å². The zero-order valence-electron chi connectivity index (χ0n) is 14.6. The van der Waals surface area contributed by atoms with Crippen molar-refractivity contribution >= 4 is 17.5 Å². The Labute approximate surface area is 148 Å². The number of anilines is 1. The lowest BCUT2D eigenvalue weighted by Gasteiger charge is -2.38. The Morgan fingerprint density at radius 3 is 2.44 bits per heavy atom. The molecule has 1 aromatic carbocycles. The standard InChI is InChI=1S/C19H26N4O2/c24-18(16-7-4-9-20-16)22-13-11-21(12-14-22)17-8-10-23(19(17)25)15-5-2-1-3-6-15/h1-3,5-6,16-17,20H,4,7-14H2. The van der Waals surface area contributed by atoms with Crippen LogP contribution in [-0.2, 0) is 9.59 Å². The van der Waals surface area contributed by atoms with Crippen LogP contribution < -0.4 is 10.2 Å². The summed E-state index contributed by atoms with van der Waals surface area (Å²) in [5.74, 6) is 0.434. The van der Waals surface area contributed by atoms with Gasteiger partial charge in [0.25, 0.3) is 0 Å². The summed E-state index contributed by atoms with van der Waals surface area (Å²) in [7, 11) is 0. The van der Waals surface area contributed by atoms with Gasteiger partial charge in [-0.05, 0) is 37.9 Å². The van der Waals surface area contributed by atoms with Gasteiger partial charge in [0.15, 0.2) is 0 Å². The van der Waals surface area contributed by atoms with E-state index in [1.807, 2.05) is 40.1 Å². The highest BCUT2D eigenvalue weighted by molar-refractivity contribution is 5.99. The predicted molar refractivity (Wildman–Crippen MR) is 96.4 cm³/mol. The summed E-state index contributed by atoms with van der Waals surface area (Å²) in [6.07, 6.45) is 2.90. The lowest BCUT2D eigenvalue weighted by molar-refractivity contribution is -0.135. The molecule has 3 aliphatic rings. The van der Waals surface area contributed by atoms with Crippen molar-refractivity contribution < 1.29 is 9.59 Å². The van der Waals surface area contributed by atoms with Crippen LogP contribution in [0.5, 0.6) is 0 Å². The number of nitrogens with zero attached hydrogens (tertiary/aromatic N) is 3. The second kappa shape index (κ2) is 7.14. The first kappa shape index (κ1) is 16.5. The Morgan fingerprint density at radius 1 is 1.00 bits per heavy atom. The van der Waals surface area contributed by atoms with Gasteiger partial charge in [-0.15, -0.1) is 0 Å². The zero-order chi connectivity index (χ0) is 17.2. The summed E-state index contributed by atoms with van der Waals surface area (Å²) >= 11 is 0. The van der Waals surface area contributed by atoms with E-state index >= 15 is 0 Å². The van der Waals surface area contributed by atoms with Gasteiger partial charge in [-0.2, -0.15) is 0 Å². The molecule has 1 aromatic rings. The maximum atomic E-state index is 12.8. The van der Waals surface area contributed by atoms with Gasteiger partial charge in [0.2, 0.25) is 11.8 Å². The quantitative estimate of drug-likeness (QED) is 0.878. The highest BCUT2D eigenvalue weighted by Gasteiger charge is 2.38. The third-order valence-electron chi connectivity index (χ3n) is 5.67. The molecule has 0 aliphatic carbocycles. The number of para-hydroxylation sites is 1. The molecule has 2 amide bonds. The minimum Gasteiger partial charge on any atom is -0.339 e. The van der Waals surface area contributed by atoms with E-state index in [0.717, 1.165) is 64.2 Å². The van der Waals surface area contributed by atoms with E-state index in [4.69, 9.17) is 0 Å². The molecule has 3 heterocycles. The van der Waals surface area contributed by atoms with E-state index in [0.29, 0.717) is 0 Å². The maximum Gasteiger partial charge on any atom is 0.244 e. The lowest BCUT2D eigenvalue weighted by atomic mass is 10.1. The SMILES string of the molecule is O=C(C1CCCN1)N1CCN(C2CCN(c3ccccc3)C2=O)CC1. The van der Waals surface area contributed by atoms with E-state index in [9.17, 15) is 9.59 Å². The van der Waals surface area contributed by atoms with Crippen molar-refractivity contribution in [1.82, 2.24) is 15.1 Å². The van der Waals surface area contributed by atoms with Crippen molar-refractivity contribution in [3.8, 4) is 0 Å². The Hall–Kier alpha value is -1.92. The van der Waals surface area contributed by atoms with Crippen molar-refractivity contribution in [2.75, 3.05) is 44.2 Å². The number of rotatable bonds is 3. The zero-order valence-corrected chi connectivity index (χ0v) is 14.6. The smallest absolute Gasteiger partial charge is 0.244 e. The number of piperazine rings is 1. The molecule has 0 spiro atoms. The Bertz CT molecular complexity index is 622. The van der Waals surface area contributed by atoms with Gasteiger partial charge in [0, 0.05) is 38.4 Å². The van der Waals surface area contributed by atoms with E-state index in [2.05, 4.69) is 10.2 Å². The third-order valence-corrected chi connectivity index (χ3v) is 5.67. The van der Waals surface area contributed by atoms with E-state index in [-0.39, 0.29) is 23.9 Å². The Morgan fingerprint density at radius 2 is 1.76 bits per heavy atom. The molecule has 0 aromatic heterocycles. The molecule has 6 nitrogen and oxygen atoms in total. The average Bonchev–Trinajstić information content (AvgIpc) is 3.32. The fourth-order valence-corrected chi connectivity index (χ4v) is 4.24. The minimum absolute atomic E-state index is 0.00762. The fourth-order valence-electron chi connectivity index (χ4n) is 4.24. The van der Waals surface area contributed by atoms with Crippen molar-refractivity contribution in [3.63, 3.8) is 0 Å². The second-order valence-electron chi connectivity index (χ2n) is 7.14. The molecule has 6 heteroatoms. The van der Waals surface area contributed by atoms with E-state index < -0.39 is 0 Å². The highest BCUT2D eigenvalue weighted by Crippen LogP contribution is 2.25. The van der Waals surface area contributed by atoms with Gasteiger partial charge < -0.3 is 15.1 Å². The summed E-state index contributed by atoms with van der Waals surface area (Å²) in [4.78, 5) is 31.4. The molecule has 0 bridgehead atoms. The molecule has 0 saturated carbocycles. The molecule has 1 N–H and O–H groups in total. The first-order valence-corrected chi connectivity index (χ1v) is 9.37. The van der Waals surface area contributed by atoms with E-state index in [1.54, 1.807) is 0 Å². The van der Waals surface area contributed by atoms with Crippen LogP contribution in [0.15, 0.2) is 30.3 Å². The summed E-state index contributed by atoms with van der Waals surface area (Å²) < 4.78 is 0. The van der Waals surface area contributed by atoms with Crippen LogP contribution in [0.4, 0.5) is 5.69 Å². The van der Waals surface area contributed by atoms with Crippen LogP contribution in [0, 0.1) is 0 Å². The lowest BCUT2D eigenvalue weighted by Crippen LogP contribution is -2.56. The van der Waals surface area contributed by atoms with Crippen molar-refractivity contribution in [2.24, 2.45) is 0 Å². The largest absolute Gasteiger partial charge is 0.339 e. The minimum atomic E-state index is -0.0398. The molecule has 3 fully saturated rings. The number of nitrogens with one attached hydrogen (secondary N) is 1. The average molecular weight is 342 g/mol. The summed E-state index contributed by atoms with van der Waals surface area (Å²) in [6.45, 7) is 4.76. The molecule has 0 radical (unpaired) electrons. The normalized spacial score (nSPS) is 27.9. The number of hydrogen-bond donors (Lipinski definition) is 1. The molecular formula is C19H26N4O2. The van der Waals surface area contributed by atoms with Crippen molar-refractivity contribution in [2.45, 2.75) is 31.3 Å². The first-order valence-electron chi connectivity index (χ1n) is 9.37.